The molecule has 0 spiro atoms. The zero-order valence-corrected chi connectivity index (χ0v) is 14.2. The molecule has 0 atom stereocenters. The molecule has 128 valence electrons. The van der Waals surface area contributed by atoms with Crippen molar-refractivity contribution in [1.82, 2.24) is 4.90 Å². The quantitative estimate of drug-likeness (QED) is 0.869. The highest BCUT2D eigenvalue weighted by Crippen LogP contribution is 2.39. The average Bonchev–Trinajstić information content (AvgIpc) is 3.09. The van der Waals surface area contributed by atoms with Gasteiger partial charge in [-0.3, -0.25) is 9.59 Å². The lowest BCUT2D eigenvalue weighted by atomic mass is 9.86. The van der Waals surface area contributed by atoms with Gasteiger partial charge in [-0.05, 0) is 31.9 Å². The lowest BCUT2D eigenvalue weighted by molar-refractivity contribution is -0.141. The lowest BCUT2D eigenvalue weighted by Crippen LogP contribution is -2.45. The molecule has 0 heterocycles. The van der Waals surface area contributed by atoms with Gasteiger partial charge < -0.3 is 15.0 Å². The standard InChI is InChI=1S/C18H23N3O3/c1-3-21(17(23)18(13-19)9-4-5-10-18)12-16(22)20-14-7-6-8-15(11-14)24-2/h6-8,11H,3-5,9-10,12H2,1-2H3,(H,20,22). The molecule has 0 radical (unpaired) electrons. The van der Waals surface area contributed by atoms with E-state index in [1.54, 1.807) is 31.4 Å². The number of nitrogens with one attached hydrogen (secondary N) is 1. The summed E-state index contributed by atoms with van der Waals surface area (Å²) in [5.74, 6) is 0.126. The number of hydrogen-bond acceptors (Lipinski definition) is 4. The van der Waals surface area contributed by atoms with Crippen LogP contribution in [0.3, 0.4) is 0 Å². The summed E-state index contributed by atoms with van der Waals surface area (Å²) in [6.45, 7) is 2.15. The average molecular weight is 329 g/mol. The van der Waals surface area contributed by atoms with Crippen LogP contribution >= 0.6 is 0 Å². The van der Waals surface area contributed by atoms with Gasteiger partial charge in [0.05, 0.1) is 19.7 Å². The SMILES string of the molecule is CCN(CC(=O)Nc1cccc(OC)c1)C(=O)C1(C#N)CCCC1. The van der Waals surface area contributed by atoms with Crippen molar-refractivity contribution in [3.63, 3.8) is 0 Å². The Balaban J connectivity index is 2.02. The van der Waals surface area contributed by atoms with E-state index >= 15 is 0 Å². The van der Waals surface area contributed by atoms with Gasteiger partial charge in [-0.1, -0.05) is 18.9 Å². The molecule has 6 nitrogen and oxygen atoms in total. The summed E-state index contributed by atoms with van der Waals surface area (Å²) in [4.78, 5) is 26.4. The van der Waals surface area contributed by atoms with Gasteiger partial charge >= 0.3 is 0 Å². The second-order valence-electron chi connectivity index (χ2n) is 6.00. The molecule has 0 aliphatic heterocycles. The molecular formula is C18H23N3O3. The topological polar surface area (TPSA) is 82.4 Å². The van der Waals surface area contributed by atoms with E-state index in [1.165, 1.54) is 4.90 Å². The van der Waals surface area contributed by atoms with Crippen LogP contribution in [0, 0.1) is 16.7 Å². The Labute approximate surface area is 142 Å². The van der Waals surface area contributed by atoms with Crippen molar-refractivity contribution >= 4 is 17.5 Å². The van der Waals surface area contributed by atoms with E-state index in [4.69, 9.17) is 4.74 Å². The number of methoxy groups -OCH3 is 1. The second-order valence-corrected chi connectivity index (χ2v) is 6.00. The maximum atomic E-state index is 12.7. The number of rotatable bonds is 6. The zero-order valence-electron chi connectivity index (χ0n) is 14.2. The van der Waals surface area contributed by atoms with Gasteiger partial charge in [0.1, 0.15) is 11.2 Å². The van der Waals surface area contributed by atoms with Crippen molar-refractivity contribution < 1.29 is 14.3 Å². The van der Waals surface area contributed by atoms with Crippen LogP contribution in [0.1, 0.15) is 32.6 Å². The molecular weight excluding hydrogens is 306 g/mol. The van der Waals surface area contributed by atoms with E-state index in [0.717, 1.165) is 12.8 Å². The second kappa shape index (κ2) is 7.82. The molecule has 6 heteroatoms. The first-order valence-corrected chi connectivity index (χ1v) is 8.19. The van der Waals surface area contributed by atoms with Crippen LogP contribution < -0.4 is 10.1 Å². The minimum atomic E-state index is -0.952. The minimum Gasteiger partial charge on any atom is -0.497 e. The molecule has 0 unspecified atom stereocenters. The van der Waals surface area contributed by atoms with Crippen molar-refractivity contribution in [2.75, 3.05) is 25.5 Å². The molecule has 1 aromatic carbocycles. The number of carbonyl (C=O) groups excluding carboxylic acids is 2. The smallest absolute Gasteiger partial charge is 0.243 e. The molecule has 1 aromatic rings. The summed E-state index contributed by atoms with van der Waals surface area (Å²) in [7, 11) is 1.56. The third-order valence-corrected chi connectivity index (χ3v) is 4.44. The lowest BCUT2D eigenvalue weighted by Gasteiger charge is -2.28. The number of benzene rings is 1. The first kappa shape index (κ1) is 17.8. The van der Waals surface area contributed by atoms with Crippen LogP contribution in [-0.2, 0) is 9.59 Å². The van der Waals surface area contributed by atoms with E-state index in [0.29, 0.717) is 30.8 Å². The number of anilines is 1. The molecule has 1 fully saturated rings. The van der Waals surface area contributed by atoms with E-state index in [2.05, 4.69) is 11.4 Å². The van der Waals surface area contributed by atoms with Gasteiger partial charge in [0.2, 0.25) is 11.8 Å². The molecule has 24 heavy (non-hydrogen) atoms. The minimum absolute atomic E-state index is 0.0596. The van der Waals surface area contributed by atoms with Gasteiger partial charge in [0.25, 0.3) is 0 Å². The number of nitriles is 1. The Hall–Kier alpha value is -2.55. The first-order valence-electron chi connectivity index (χ1n) is 8.19. The highest BCUT2D eigenvalue weighted by atomic mass is 16.5. The van der Waals surface area contributed by atoms with E-state index in [9.17, 15) is 14.9 Å². The maximum Gasteiger partial charge on any atom is 0.243 e. The molecule has 1 aliphatic rings. The maximum absolute atomic E-state index is 12.7. The van der Waals surface area contributed by atoms with Crippen LogP contribution in [0.15, 0.2) is 24.3 Å². The summed E-state index contributed by atoms with van der Waals surface area (Å²) in [5.41, 5.74) is -0.342. The molecule has 0 aromatic heterocycles. The number of carbonyl (C=O) groups is 2. The predicted molar refractivity (Wildman–Crippen MR) is 90.4 cm³/mol. The van der Waals surface area contributed by atoms with Gasteiger partial charge in [-0.15, -0.1) is 0 Å². The number of hydrogen-bond donors (Lipinski definition) is 1. The summed E-state index contributed by atoms with van der Waals surface area (Å²) in [6, 6.07) is 9.22. The number of amides is 2. The van der Waals surface area contributed by atoms with Crippen LogP contribution in [0.4, 0.5) is 5.69 Å². The van der Waals surface area contributed by atoms with Crippen molar-refractivity contribution in [3.8, 4) is 11.8 Å². The molecule has 2 rings (SSSR count). The van der Waals surface area contributed by atoms with Gasteiger partial charge in [0.15, 0.2) is 0 Å². The number of nitrogens with zero attached hydrogens (tertiary/aromatic N) is 2. The fourth-order valence-electron chi connectivity index (χ4n) is 3.06. The molecule has 1 N–H and O–H groups in total. The first-order chi connectivity index (χ1) is 11.5. The van der Waals surface area contributed by atoms with E-state index in [-0.39, 0.29) is 18.4 Å². The van der Waals surface area contributed by atoms with Gasteiger partial charge in [0, 0.05) is 18.3 Å². The van der Waals surface area contributed by atoms with Crippen LogP contribution in [0.25, 0.3) is 0 Å². The van der Waals surface area contributed by atoms with Crippen molar-refractivity contribution in [2.45, 2.75) is 32.6 Å². The summed E-state index contributed by atoms with van der Waals surface area (Å²) in [6.07, 6.45) is 2.92. The Morgan fingerprint density at radius 2 is 2.08 bits per heavy atom. The monoisotopic (exact) mass is 329 g/mol. The van der Waals surface area contributed by atoms with E-state index < -0.39 is 5.41 Å². The fourth-order valence-corrected chi connectivity index (χ4v) is 3.06. The van der Waals surface area contributed by atoms with Crippen LogP contribution in [-0.4, -0.2) is 36.9 Å². The largest absolute Gasteiger partial charge is 0.497 e. The molecule has 0 bridgehead atoms. The summed E-state index contributed by atoms with van der Waals surface area (Å²) in [5, 5.41) is 12.2. The highest BCUT2D eigenvalue weighted by molar-refractivity contribution is 5.96. The summed E-state index contributed by atoms with van der Waals surface area (Å²) >= 11 is 0. The van der Waals surface area contributed by atoms with Crippen LogP contribution in [0.2, 0.25) is 0 Å². The van der Waals surface area contributed by atoms with Crippen molar-refractivity contribution in [3.05, 3.63) is 24.3 Å². The molecule has 0 saturated heterocycles. The normalized spacial score (nSPS) is 15.4. The zero-order chi connectivity index (χ0) is 17.6. The predicted octanol–water partition coefficient (Wildman–Crippen LogP) is 2.57. The van der Waals surface area contributed by atoms with Gasteiger partial charge in [-0.2, -0.15) is 5.26 Å². The number of ether oxygens (including phenoxy) is 1. The molecule has 2 amide bonds. The third kappa shape index (κ3) is 3.85. The Bertz CT molecular complexity index is 645. The molecule has 1 saturated carbocycles. The van der Waals surface area contributed by atoms with Crippen molar-refractivity contribution in [2.24, 2.45) is 5.41 Å². The van der Waals surface area contributed by atoms with Crippen LogP contribution in [0.5, 0.6) is 5.75 Å². The van der Waals surface area contributed by atoms with E-state index in [1.807, 2.05) is 6.92 Å². The summed E-state index contributed by atoms with van der Waals surface area (Å²) < 4.78 is 5.12. The third-order valence-electron chi connectivity index (χ3n) is 4.44. The Kier molecular flexibility index (Phi) is 5.80. The highest BCUT2D eigenvalue weighted by Gasteiger charge is 2.43. The number of likely N-dealkylation sites (N-methyl/N-ethyl adjacent to an activating group) is 1. The Morgan fingerprint density at radius 3 is 2.67 bits per heavy atom. The Morgan fingerprint density at radius 1 is 1.38 bits per heavy atom. The fraction of sp³-hybridized carbons (Fsp3) is 0.500. The van der Waals surface area contributed by atoms with Crippen molar-refractivity contribution in [1.29, 1.82) is 5.26 Å². The van der Waals surface area contributed by atoms with Gasteiger partial charge in [-0.25, -0.2) is 0 Å². The molecule has 1 aliphatic carbocycles.